The average molecular weight is 436 g/mol. The molecule has 0 unspecified atom stereocenters. The normalized spacial score (nSPS) is 11.3. The van der Waals surface area contributed by atoms with Crippen molar-refractivity contribution < 1.29 is 9.72 Å². The molecule has 0 saturated heterocycles. The van der Waals surface area contributed by atoms with Crippen LogP contribution in [0.1, 0.15) is 40.0 Å². The van der Waals surface area contributed by atoms with Crippen LogP contribution in [0.2, 0.25) is 0 Å². The first-order valence-corrected chi connectivity index (χ1v) is 10.6. The van der Waals surface area contributed by atoms with E-state index in [9.17, 15) is 14.9 Å². The second-order valence-corrected chi connectivity index (χ2v) is 9.02. The van der Waals surface area contributed by atoms with E-state index in [0.717, 1.165) is 10.4 Å². The molecule has 0 aliphatic heterocycles. The third-order valence-corrected chi connectivity index (χ3v) is 5.92. The molecule has 0 bridgehead atoms. The van der Waals surface area contributed by atoms with Crippen molar-refractivity contribution in [2.45, 2.75) is 33.7 Å². The number of anilines is 1. The third kappa shape index (κ3) is 3.91. The lowest BCUT2D eigenvalue weighted by molar-refractivity contribution is -0.384. The molecule has 4 rings (SSSR count). The van der Waals surface area contributed by atoms with Crippen molar-refractivity contribution in [2.75, 3.05) is 5.32 Å². The summed E-state index contributed by atoms with van der Waals surface area (Å²) in [5, 5.41) is 18.8. The van der Waals surface area contributed by atoms with E-state index in [2.05, 4.69) is 16.5 Å². The van der Waals surface area contributed by atoms with Crippen molar-refractivity contribution in [2.24, 2.45) is 0 Å². The summed E-state index contributed by atoms with van der Waals surface area (Å²) < 4.78 is 1.80. The summed E-state index contributed by atoms with van der Waals surface area (Å²) >= 11 is 1.68. The standard InChI is InChI=1S/C22H21N5O3S/c1-12(2)26-21-19(11-23-26)18(10-20(25-21)17-9-13(3)31-14(17)4)22(28)24-15-5-7-16(8-6-15)27(29)30/h5-12H,1-4H3,(H,24,28). The topological polar surface area (TPSA) is 103 Å². The predicted octanol–water partition coefficient (Wildman–Crippen LogP) is 5.52. The lowest BCUT2D eigenvalue weighted by atomic mass is 10.1. The molecule has 0 spiro atoms. The molecule has 0 saturated carbocycles. The number of hydrogen-bond acceptors (Lipinski definition) is 6. The number of nitro groups is 1. The van der Waals surface area contributed by atoms with Crippen LogP contribution in [0.25, 0.3) is 22.3 Å². The smallest absolute Gasteiger partial charge is 0.269 e. The second kappa shape index (κ2) is 7.92. The van der Waals surface area contributed by atoms with Crippen LogP contribution < -0.4 is 5.32 Å². The summed E-state index contributed by atoms with van der Waals surface area (Å²) in [6, 6.07) is 9.68. The fraction of sp³-hybridized carbons (Fsp3) is 0.227. The Bertz CT molecular complexity index is 1300. The van der Waals surface area contributed by atoms with E-state index >= 15 is 0 Å². The van der Waals surface area contributed by atoms with E-state index in [-0.39, 0.29) is 17.6 Å². The Morgan fingerprint density at radius 3 is 2.48 bits per heavy atom. The lowest BCUT2D eigenvalue weighted by Crippen LogP contribution is -2.13. The van der Waals surface area contributed by atoms with Crippen LogP contribution in [-0.2, 0) is 0 Å². The fourth-order valence-corrected chi connectivity index (χ4v) is 4.41. The Morgan fingerprint density at radius 1 is 1.19 bits per heavy atom. The zero-order valence-corrected chi connectivity index (χ0v) is 18.4. The first kappa shape index (κ1) is 20.7. The first-order valence-electron chi connectivity index (χ1n) is 9.76. The van der Waals surface area contributed by atoms with Crippen molar-refractivity contribution in [1.82, 2.24) is 14.8 Å². The van der Waals surface area contributed by atoms with Gasteiger partial charge in [-0.25, -0.2) is 9.67 Å². The molecule has 0 aliphatic carbocycles. The Kier molecular flexibility index (Phi) is 5.28. The SMILES string of the molecule is Cc1cc(-c2cc(C(=O)Nc3ccc([N+](=O)[O-])cc3)c3cnn(C(C)C)c3n2)c(C)s1. The molecule has 4 aromatic rings. The number of nitro benzene ring substituents is 1. The number of amides is 1. The van der Waals surface area contributed by atoms with Crippen LogP contribution in [0.15, 0.2) is 42.6 Å². The van der Waals surface area contributed by atoms with Gasteiger partial charge in [0, 0.05) is 39.2 Å². The molecule has 1 amide bonds. The number of carbonyl (C=O) groups excluding carboxylic acids is 1. The van der Waals surface area contributed by atoms with Crippen LogP contribution in [-0.4, -0.2) is 25.6 Å². The molecule has 158 valence electrons. The number of aromatic nitrogens is 3. The van der Waals surface area contributed by atoms with Gasteiger partial charge in [0.25, 0.3) is 11.6 Å². The number of aryl methyl sites for hydroxylation is 2. The average Bonchev–Trinajstić information content (AvgIpc) is 3.30. The van der Waals surface area contributed by atoms with E-state index < -0.39 is 4.92 Å². The maximum absolute atomic E-state index is 13.2. The van der Waals surface area contributed by atoms with Gasteiger partial charge >= 0.3 is 0 Å². The van der Waals surface area contributed by atoms with Gasteiger partial charge in [-0.15, -0.1) is 11.3 Å². The van der Waals surface area contributed by atoms with Gasteiger partial charge in [0.15, 0.2) is 5.65 Å². The number of thiophene rings is 1. The zero-order valence-electron chi connectivity index (χ0n) is 17.5. The van der Waals surface area contributed by atoms with Gasteiger partial charge in [-0.3, -0.25) is 14.9 Å². The van der Waals surface area contributed by atoms with E-state index in [1.807, 2.05) is 27.7 Å². The van der Waals surface area contributed by atoms with Gasteiger partial charge in [-0.2, -0.15) is 5.10 Å². The Labute approximate surface area is 182 Å². The number of hydrogen-bond donors (Lipinski definition) is 1. The Morgan fingerprint density at radius 2 is 1.90 bits per heavy atom. The Balaban J connectivity index is 1.81. The highest BCUT2D eigenvalue weighted by Gasteiger charge is 2.20. The highest BCUT2D eigenvalue weighted by atomic mass is 32.1. The molecule has 3 aromatic heterocycles. The van der Waals surface area contributed by atoms with Gasteiger partial charge in [-0.1, -0.05) is 0 Å². The summed E-state index contributed by atoms with van der Waals surface area (Å²) in [7, 11) is 0. The third-order valence-electron chi connectivity index (χ3n) is 4.95. The monoisotopic (exact) mass is 435 g/mol. The molecule has 8 nitrogen and oxygen atoms in total. The summed E-state index contributed by atoms with van der Waals surface area (Å²) in [4.78, 5) is 30.7. The summed E-state index contributed by atoms with van der Waals surface area (Å²) in [5.74, 6) is -0.324. The molecule has 0 radical (unpaired) electrons. The van der Waals surface area contributed by atoms with Gasteiger partial charge in [0.05, 0.1) is 27.8 Å². The van der Waals surface area contributed by atoms with Gasteiger partial charge < -0.3 is 5.32 Å². The van der Waals surface area contributed by atoms with Gasteiger partial charge in [0.2, 0.25) is 0 Å². The number of non-ortho nitro benzene ring substituents is 1. The van der Waals surface area contributed by atoms with Crippen molar-refractivity contribution >= 4 is 39.7 Å². The molecule has 1 N–H and O–H groups in total. The molecule has 0 aliphatic rings. The Hall–Kier alpha value is -3.59. The number of fused-ring (bicyclic) bond motifs is 1. The molecule has 3 heterocycles. The quantitative estimate of drug-likeness (QED) is 0.328. The maximum atomic E-state index is 13.2. The first-order chi connectivity index (χ1) is 14.7. The number of pyridine rings is 1. The lowest BCUT2D eigenvalue weighted by Gasteiger charge is -2.11. The van der Waals surface area contributed by atoms with E-state index in [4.69, 9.17) is 4.98 Å². The second-order valence-electron chi connectivity index (χ2n) is 7.56. The number of nitrogens with zero attached hydrogens (tertiary/aromatic N) is 4. The van der Waals surface area contributed by atoms with E-state index in [1.165, 1.54) is 29.1 Å². The van der Waals surface area contributed by atoms with E-state index in [1.54, 1.807) is 28.3 Å². The summed E-state index contributed by atoms with van der Waals surface area (Å²) in [6.07, 6.45) is 1.66. The van der Waals surface area contributed by atoms with E-state index in [0.29, 0.717) is 28.0 Å². The van der Waals surface area contributed by atoms with Crippen LogP contribution >= 0.6 is 11.3 Å². The van der Waals surface area contributed by atoms with Crippen molar-refractivity contribution in [3.05, 3.63) is 68.0 Å². The number of nitrogens with one attached hydrogen (secondary N) is 1. The summed E-state index contributed by atoms with van der Waals surface area (Å²) in [5.41, 5.74) is 3.24. The van der Waals surface area contributed by atoms with Crippen LogP contribution in [0.5, 0.6) is 0 Å². The number of rotatable bonds is 5. The molecular weight excluding hydrogens is 414 g/mol. The molecule has 31 heavy (non-hydrogen) atoms. The van der Waals surface area contributed by atoms with Crippen LogP contribution in [0.4, 0.5) is 11.4 Å². The minimum atomic E-state index is -0.476. The molecule has 1 aromatic carbocycles. The van der Waals surface area contributed by atoms with Crippen LogP contribution in [0, 0.1) is 24.0 Å². The highest BCUT2D eigenvalue weighted by Crippen LogP contribution is 2.33. The number of carbonyl (C=O) groups is 1. The van der Waals surface area contributed by atoms with Crippen molar-refractivity contribution in [3.8, 4) is 11.3 Å². The largest absolute Gasteiger partial charge is 0.322 e. The summed E-state index contributed by atoms with van der Waals surface area (Å²) in [6.45, 7) is 8.10. The predicted molar refractivity (Wildman–Crippen MR) is 122 cm³/mol. The zero-order chi connectivity index (χ0) is 22.3. The molecule has 0 atom stereocenters. The van der Waals surface area contributed by atoms with Crippen molar-refractivity contribution in [1.29, 1.82) is 0 Å². The minimum Gasteiger partial charge on any atom is -0.322 e. The molecule has 9 heteroatoms. The van der Waals surface area contributed by atoms with Crippen molar-refractivity contribution in [3.63, 3.8) is 0 Å². The molecular formula is C22H21N5O3S. The molecule has 0 fully saturated rings. The van der Waals surface area contributed by atoms with Crippen LogP contribution in [0.3, 0.4) is 0 Å². The number of benzene rings is 1. The van der Waals surface area contributed by atoms with Gasteiger partial charge in [-0.05, 0) is 52.0 Å². The fourth-order valence-electron chi connectivity index (χ4n) is 3.47. The minimum absolute atomic E-state index is 0.0342. The maximum Gasteiger partial charge on any atom is 0.269 e. The van der Waals surface area contributed by atoms with Gasteiger partial charge in [0.1, 0.15) is 0 Å². The highest BCUT2D eigenvalue weighted by molar-refractivity contribution is 7.12.